The highest BCUT2D eigenvalue weighted by atomic mass is 32.2. The number of imide groups is 1. The van der Waals surface area contributed by atoms with Gasteiger partial charge in [-0.05, 0) is 55.4 Å². The lowest BCUT2D eigenvalue weighted by Crippen LogP contribution is -2.17. The minimum atomic E-state index is -0.325. The molecule has 1 aliphatic heterocycles. The van der Waals surface area contributed by atoms with Gasteiger partial charge in [-0.25, -0.2) is 0 Å². The van der Waals surface area contributed by atoms with Crippen molar-refractivity contribution in [3.05, 3.63) is 58.3 Å². The molecule has 1 aromatic heterocycles. The number of aromatic nitrogens is 1. The van der Waals surface area contributed by atoms with Gasteiger partial charge in [-0.1, -0.05) is 18.2 Å². The molecular formula is C16H14N2O2S. The molecule has 106 valence electrons. The van der Waals surface area contributed by atoms with Gasteiger partial charge in [0.1, 0.15) is 0 Å². The lowest BCUT2D eigenvalue weighted by molar-refractivity contribution is -0.115. The maximum Gasteiger partial charge on any atom is 0.290 e. The van der Waals surface area contributed by atoms with Gasteiger partial charge in [0.2, 0.25) is 0 Å². The zero-order valence-electron chi connectivity index (χ0n) is 11.7. The van der Waals surface area contributed by atoms with Crippen LogP contribution < -0.4 is 5.32 Å². The van der Waals surface area contributed by atoms with Crippen LogP contribution in [0.15, 0.2) is 41.3 Å². The summed E-state index contributed by atoms with van der Waals surface area (Å²) in [5, 5.41) is 1.95. The van der Waals surface area contributed by atoms with Crippen LogP contribution in [0.2, 0.25) is 0 Å². The Morgan fingerprint density at radius 3 is 2.48 bits per heavy atom. The summed E-state index contributed by atoms with van der Waals surface area (Å²) in [5.74, 6) is -0.325. The first-order valence-corrected chi connectivity index (χ1v) is 7.37. The molecule has 0 aliphatic carbocycles. The predicted molar refractivity (Wildman–Crippen MR) is 84.3 cm³/mol. The lowest BCUT2D eigenvalue weighted by Gasteiger charge is -2.09. The Morgan fingerprint density at radius 2 is 1.86 bits per heavy atom. The van der Waals surface area contributed by atoms with E-state index in [0.717, 1.165) is 34.4 Å². The number of rotatable bonds is 2. The topological polar surface area (TPSA) is 51.1 Å². The summed E-state index contributed by atoms with van der Waals surface area (Å²) in [6.07, 6.45) is 1.77. The molecule has 2 heterocycles. The van der Waals surface area contributed by atoms with Gasteiger partial charge in [0.25, 0.3) is 11.1 Å². The van der Waals surface area contributed by atoms with Crippen molar-refractivity contribution in [3.63, 3.8) is 0 Å². The van der Waals surface area contributed by atoms with Crippen molar-refractivity contribution in [1.29, 1.82) is 0 Å². The third kappa shape index (κ3) is 2.52. The van der Waals surface area contributed by atoms with E-state index in [4.69, 9.17) is 0 Å². The first kappa shape index (κ1) is 13.7. The zero-order valence-corrected chi connectivity index (χ0v) is 12.5. The van der Waals surface area contributed by atoms with Gasteiger partial charge in [-0.3, -0.25) is 14.9 Å². The van der Waals surface area contributed by atoms with Gasteiger partial charge < -0.3 is 4.57 Å². The van der Waals surface area contributed by atoms with Gasteiger partial charge in [-0.2, -0.15) is 0 Å². The summed E-state index contributed by atoms with van der Waals surface area (Å²) in [6.45, 7) is 4.03. The van der Waals surface area contributed by atoms with Crippen molar-refractivity contribution in [2.45, 2.75) is 13.8 Å². The van der Waals surface area contributed by atoms with Crippen LogP contribution in [0.4, 0.5) is 4.79 Å². The number of thioether (sulfide) groups is 1. The van der Waals surface area contributed by atoms with Crippen LogP contribution in [0.3, 0.4) is 0 Å². The molecular weight excluding hydrogens is 284 g/mol. The monoisotopic (exact) mass is 298 g/mol. The highest BCUT2D eigenvalue weighted by molar-refractivity contribution is 8.18. The fourth-order valence-corrected chi connectivity index (χ4v) is 3.14. The number of aryl methyl sites for hydroxylation is 1. The van der Waals surface area contributed by atoms with Crippen LogP contribution in [0, 0.1) is 13.8 Å². The number of hydrogen-bond donors (Lipinski definition) is 1. The summed E-state index contributed by atoms with van der Waals surface area (Å²) in [5.41, 5.74) is 4.15. The third-order valence-corrected chi connectivity index (χ3v) is 4.22. The second-order valence-corrected chi connectivity index (χ2v) is 5.86. The number of amides is 2. The van der Waals surface area contributed by atoms with E-state index in [0.29, 0.717) is 4.91 Å². The van der Waals surface area contributed by atoms with Crippen LogP contribution in [-0.4, -0.2) is 15.7 Å². The average Bonchev–Trinajstić information content (AvgIpc) is 2.91. The molecule has 1 aliphatic rings. The highest BCUT2D eigenvalue weighted by Gasteiger charge is 2.25. The van der Waals surface area contributed by atoms with Crippen LogP contribution in [-0.2, 0) is 4.79 Å². The second kappa shape index (κ2) is 5.26. The fourth-order valence-electron chi connectivity index (χ4n) is 2.47. The number of nitrogens with zero attached hydrogens (tertiary/aromatic N) is 1. The standard InChI is InChI=1S/C16H14N2O2S/c1-10-8-12(9-14-15(19)17-16(20)21-14)11(2)18(10)13-6-4-3-5-7-13/h3-9H,1-2H3,(H,17,19,20)/b14-9-. The number of carbonyl (C=O) groups excluding carboxylic acids is 2. The van der Waals surface area contributed by atoms with Crippen molar-refractivity contribution >= 4 is 29.0 Å². The number of benzene rings is 1. The van der Waals surface area contributed by atoms with Crippen LogP contribution in [0.25, 0.3) is 11.8 Å². The van der Waals surface area contributed by atoms with Gasteiger partial charge in [-0.15, -0.1) is 0 Å². The third-order valence-electron chi connectivity index (χ3n) is 3.41. The van der Waals surface area contributed by atoms with Gasteiger partial charge in [0.15, 0.2) is 0 Å². The molecule has 3 rings (SSSR count). The van der Waals surface area contributed by atoms with E-state index in [-0.39, 0.29) is 11.1 Å². The van der Waals surface area contributed by atoms with E-state index in [2.05, 4.69) is 9.88 Å². The van der Waals surface area contributed by atoms with E-state index in [1.54, 1.807) is 6.08 Å². The first-order chi connectivity index (χ1) is 10.1. The maximum absolute atomic E-state index is 11.6. The molecule has 2 aromatic rings. The molecule has 1 N–H and O–H groups in total. The molecule has 0 atom stereocenters. The maximum atomic E-state index is 11.6. The molecule has 1 fully saturated rings. The van der Waals surface area contributed by atoms with Crippen LogP contribution in [0.5, 0.6) is 0 Å². The Balaban J connectivity index is 2.05. The molecule has 1 saturated heterocycles. The van der Waals surface area contributed by atoms with Crippen LogP contribution in [0.1, 0.15) is 17.0 Å². The summed E-state index contributed by atoms with van der Waals surface area (Å²) in [6, 6.07) is 12.1. The molecule has 21 heavy (non-hydrogen) atoms. The minimum Gasteiger partial charge on any atom is -0.318 e. The van der Waals surface area contributed by atoms with Crippen molar-refractivity contribution in [3.8, 4) is 5.69 Å². The Labute approximate surface area is 126 Å². The molecule has 0 saturated carbocycles. The number of para-hydroxylation sites is 1. The molecule has 5 heteroatoms. The largest absolute Gasteiger partial charge is 0.318 e. The van der Waals surface area contributed by atoms with Crippen molar-refractivity contribution in [2.24, 2.45) is 0 Å². The molecule has 0 unspecified atom stereocenters. The molecule has 1 aromatic carbocycles. The Morgan fingerprint density at radius 1 is 1.14 bits per heavy atom. The van der Waals surface area contributed by atoms with Gasteiger partial charge in [0.05, 0.1) is 4.91 Å². The summed E-state index contributed by atoms with van der Waals surface area (Å²) >= 11 is 0.940. The lowest BCUT2D eigenvalue weighted by atomic mass is 10.2. The van der Waals surface area contributed by atoms with E-state index in [1.165, 1.54) is 0 Å². The fraction of sp³-hybridized carbons (Fsp3) is 0.125. The Kier molecular flexibility index (Phi) is 3.43. The SMILES string of the molecule is Cc1cc(/C=C2\SC(=O)NC2=O)c(C)n1-c1ccccc1. The zero-order chi connectivity index (χ0) is 15.0. The average molecular weight is 298 g/mol. The smallest absolute Gasteiger partial charge is 0.290 e. The quantitative estimate of drug-likeness (QED) is 0.864. The van der Waals surface area contributed by atoms with Crippen molar-refractivity contribution < 1.29 is 9.59 Å². The highest BCUT2D eigenvalue weighted by Crippen LogP contribution is 2.28. The van der Waals surface area contributed by atoms with E-state index < -0.39 is 0 Å². The Hall–Kier alpha value is -2.27. The number of nitrogens with one attached hydrogen (secondary N) is 1. The van der Waals surface area contributed by atoms with Gasteiger partial charge >= 0.3 is 0 Å². The summed E-state index contributed by atoms with van der Waals surface area (Å²) in [7, 11) is 0. The number of hydrogen-bond acceptors (Lipinski definition) is 3. The molecule has 0 radical (unpaired) electrons. The normalized spacial score (nSPS) is 16.6. The molecule has 2 amide bonds. The molecule has 4 nitrogen and oxygen atoms in total. The first-order valence-electron chi connectivity index (χ1n) is 6.55. The van der Waals surface area contributed by atoms with E-state index >= 15 is 0 Å². The number of carbonyl (C=O) groups is 2. The van der Waals surface area contributed by atoms with Crippen molar-refractivity contribution in [2.75, 3.05) is 0 Å². The minimum absolute atomic E-state index is 0.317. The summed E-state index contributed by atoms with van der Waals surface area (Å²) < 4.78 is 2.13. The predicted octanol–water partition coefficient (Wildman–Crippen LogP) is 3.42. The van der Waals surface area contributed by atoms with E-state index in [9.17, 15) is 9.59 Å². The summed E-state index contributed by atoms with van der Waals surface area (Å²) in [4.78, 5) is 23.3. The van der Waals surface area contributed by atoms with Crippen LogP contribution >= 0.6 is 11.8 Å². The molecule has 0 bridgehead atoms. The van der Waals surface area contributed by atoms with Crippen molar-refractivity contribution in [1.82, 2.24) is 9.88 Å². The molecule has 0 spiro atoms. The Bertz CT molecular complexity index is 760. The van der Waals surface area contributed by atoms with E-state index in [1.807, 2.05) is 50.2 Å². The van der Waals surface area contributed by atoms with Gasteiger partial charge in [0, 0.05) is 17.1 Å². The second-order valence-electron chi connectivity index (χ2n) is 4.85.